The van der Waals surface area contributed by atoms with E-state index in [-0.39, 0.29) is 5.91 Å². The van der Waals surface area contributed by atoms with Crippen LogP contribution in [0.25, 0.3) is 11.1 Å². The van der Waals surface area contributed by atoms with Crippen molar-refractivity contribution in [3.63, 3.8) is 0 Å². The average molecular weight is 556 g/mol. The zero-order chi connectivity index (χ0) is 28.0. The smallest absolute Gasteiger partial charge is 0.328 e. The zero-order valence-electron chi connectivity index (χ0n) is 24.0. The Morgan fingerprint density at radius 3 is 2.59 bits per heavy atom. The van der Waals surface area contributed by atoms with E-state index in [2.05, 4.69) is 53.2 Å². The Balaban J connectivity index is 1.86. The lowest BCUT2D eigenvalue weighted by atomic mass is 9.93. The van der Waals surface area contributed by atoms with Crippen LogP contribution in [-0.2, 0) is 20.8 Å². The van der Waals surface area contributed by atoms with E-state index in [0.29, 0.717) is 12.0 Å². The van der Waals surface area contributed by atoms with Crippen molar-refractivity contribution in [2.75, 3.05) is 65.1 Å². The fourth-order valence-corrected chi connectivity index (χ4v) is 5.34. The second-order valence-electron chi connectivity index (χ2n) is 10.1. The van der Waals surface area contributed by atoms with Crippen LogP contribution in [-0.4, -0.2) is 92.8 Å². The van der Waals surface area contributed by atoms with Gasteiger partial charge in [-0.2, -0.15) is 11.8 Å². The lowest BCUT2D eigenvalue weighted by Crippen LogP contribution is -2.42. The van der Waals surface area contributed by atoms with Crippen molar-refractivity contribution >= 4 is 23.6 Å². The van der Waals surface area contributed by atoms with Crippen molar-refractivity contribution in [1.29, 1.82) is 0 Å². The number of unbranched alkanes of at least 4 members (excludes halogenated alkanes) is 1. The Hall–Kier alpha value is -2.39. The van der Waals surface area contributed by atoms with E-state index < -0.39 is 12.0 Å². The van der Waals surface area contributed by atoms with Gasteiger partial charge in [-0.3, -0.25) is 14.6 Å². The Morgan fingerprint density at radius 1 is 1.13 bits per heavy atom. The SMILES string of the molecule is CCCCN(CCN1CCOCC1)Cc1ccc(C(=O)N[C@@H](CCSC)C(=O)OC)c(-c2ccccc2C)c1. The van der Waals surface area contributed by atoms with Crippen LogP contribution in [0.1, 0.15) is 47.7 Å². The molecule has 3 rings (SSSR count). The van der Waals surface area contributed by atoms with Crippen LogP contribution < -0.4 is 5.32 Å². The fourth-order valence-electron chi connectivity index (χ4n) is 4.87. The first-order chi connectivity index (χ1) is 19.0. The minimum absolute atomic E-state index is 0.258. The molecule has 1 aliphatic heterocycles. The van der Waals surface area contributed by atoms with Gasteiger partial charge in [0.05, 0.1) is 20.3 Å². The minimum atomic E-state index is -0.677. The van der Waals surface area contributed by atoms with Gasteiger partial charge in [-0.25, -0.2) is 4.79 Å². The summed E-state index contributed by atoms with van der Waals surface area (Å²) >= 11 is 1.64. The van der Waals surface area contributed by atoms with Crippen LogP contribution in [0.4, 0.5) is 0 Å². The van der Waals surface area contributed by atoms with Gasteiger partial charge < -0.3 is 14.8 Å². The first-order valence-electron chi connectivity index (χ1n) is 14.1. The number of esters is 1. The Bertz CT molecular complexity index is 1060. The molecule has 0 radical (unpaired) electrons. The van der Waals surface area contributed by atoms with Gasteiger partial charge in [0.25, 0.3) is 5.91 Å². The van der Waals surface area contributed by atoms with Crippen LogP contribution >= 0.6 is 11.8 Å². The number of carbonyl (C=O) groups is 2. The first-order valence-corrected chi connectivity index (χ1v) is 15.4. The number of nitrogens with one attached hydrogen (secondary N) is 1. The second kappa shape index (κ2) is 16.7. The number of carbonyl (C=O) groups excluding carboxylic acids is 2. The molecule has 0 saturated carbocycles. The van der Waals surface area contributed by atoms with E-state index in [9.17, 15) is 9.59 Å². The number of amides is 1. The van der Waals surface area contributed by atoms with Crippen LogP contribution in [0.2, 0.25) is 0 Å². The number of thioether (sulfide) groups is 1. The topological polar surface area (TPSA) is 71.1 Å². The van der Waals surface area contributed by atoms with Gasteiger partial charge in [-0.1, -0.05) is 43.7 Å². The number of hydrogen-bond donors (Lipinski definition) is 1. The summed E-state index contributed by atoms with van der Waals surface area (Å²) in [5.41, 5.74) is 4.76. The molecular formula is C31H45N3O4S. The van der Waals surface area contributed by atoms with Crippen molar-refractivity contribution in [2.45, 2.75) is 45.7 Å². The van der Waals surface area contributed by atoms with Crippen LogP contribution in [0.3, 0.4) is 0 Å². The molecule has 214 valence electrons. The highest BCUT2D eigenvalue weighted by Crippen LogP contribution is 2.29. The van der Waals surface area contributed by atoms with E-state index in [1.54, 1.807) is 11.8 Å². The van der Waals surface area contributed by atoms with Crippen molar-refractivity contribution in [3.05, 3.63) is 59.2 Å². The maximum Gasteiger partial charge on any atom is 0.328 e. The molecule has 1 N–H and O–H groups in total. The molecule has 0 spiro atoms. The summed E-state index contributed by atoms with van der Waals surface area (Å²) in [6.45, 7) is 11.8. The van der Waals surface area contributed by atoms with Crippen LogP contribution in [0.15, 0.2) is 42.5 Å². The molecule has 2 aromatic carbocycles. The second-order valence-corrected chi connectivity index (χ2v) is 11.1. The van der Waals surface area contributed by atoms with Crippen molar-refractivity contribution in [1.82, 2.24) is 15.1 Å². The van der Waals surface area contributed by atoms with Gasteiger partial charge >= 0.3 is 5.97 Å². The molecule has 39 heavy (non-hydrogen) atoms. The molecule has 0 aliphatic carbocycles. The van der Waals surface area contributed by atoms with E-state index in [4.69, 9.17) is 9.47 Å². The summed E-state index contributed by atoms with van der Waals surface area (Å²) in [5.74, 6) is 0.0755. The van der Waals surface area contributed by atoms with E-state index in [0.717, 1.165) is 87.8 Å². The van der Waals surface area contributed by atoms with Gasteiger partial charge in [-0.05, 0) is 72.7 Å². The minimum Gasteiger partial charge on any atom is -0.467 e. The number of morpholine rings is 1. The highest BCUT2D eigenvalue weighted by atomic mass is 32.2. The summed E-state index contributed by atoms with van der Waals surface area (Å²) in [5, 5.41) is 2.94. The van der Waals surface area contributed by atoms with Gasteiger partial charge in [0, 0.05) is 38.3 Å². The Kier molecular flexibility index (Phi) is 13.3. The molecule has 1 heterocycles. The zero-order valence-corrected chi connectivity index (χ0v) is 24.9. The van der Waals surface area contributed by atoms with Gasteiger partial charge in [0.1, 0.15) is 6.04 Å². The number of benzene rings is 2. The molecule has 1 aliphatic rings. The summed E-state index contributed by atoms with van der Waals surface area (Å²) < 4.78 is 10.5. The van der Waals surface area contributed by atoms with Gasteiger partial charge in [0.15, 0.2) is 0 Å². The van der Waals surface area contributed by atoms with Crippen molar-refractivity contribution < 1.29 is 19.1 Å². The van der Waals surface area contributed by atoms with Gasteiger partial charge in [0.2, 0.25) is 0 Å². The maximum atomic E-state index is 13.5. The van der Waals surface area contributed by atoms with E-state index in [1.165, 1.54) is 12.7 Å². The van der Waals surface area contributed by atoms with Crippen LogP contribution in [0, 0.1) is 6.92 Å². The summed E-state index contributed by atoms with van der Waals surface area (Å²) in [6, 6.07) is 13.6. The van der Waals surface area contributed by atoms with Crippen LogP contribution in [0.5, 0.6) is 0 Å². The molecule has 1 atom stereocenters. The largest absolute Gasteiger partial charge is 0.467 e. The average Bonchev–Trinajstić information content (AvgIpc) is 2.96. The molecule has 0 unspecified atom stereocenters. The lowest BCUT2D eigenvalue weighted by molar-refractivity contribution is -0.142. The molecule has 1 amide bonds. The number of aryl methyl sites for hydroxylation is 1. The fraction of sp³-hybridized carbons (Fsp3) is 0.548. The quantitative estimate of drug-likeness (QED) is 0.322. The molecule has 8 heteroatoms. The molecule has 0 aromatic heterocycles. The van der Waals surface area contributed by atoms with E-state index >= 15 is 0 Å². The highest BCUT2D eigenvalue weighted by molar-refractivity contribution is 7.98. The number of hydrogen-bond acceptors (Lipinski definition) is 7. The monoisotopic (exact) mass is 555 g/mol. The predicted molar refractivity (Wildman–Crippen MR) is 160 cm³/mol. The third kappa shape index (κ3) is 9.64. The number of methoxy groups -OCH3 is 1. The summed E-state index contributed by atoms with van der Waals surface area (Å²) in [6.07, 6.45) is 4.81. The van der Waals surface area contributed by atoms with Crippen molar-refractivity contribution in [2.24, 2.45) is 0 Å². The number of nitrogens with zero attached hydrogens (tertiary/aromatic N) is 2. The van der Waals surface area contributed by atoms with Gasteiger partial charge in [-0.15, -0.1) is 0 Å². The summed E-state index contributed by atoms with van der Waals surface area (Å²) in [4.78, 5) is 30.9. The Labute approximate surface area is 238 Å². The number of rotatable bonds is 15. The number of ether oxygens (including phenoxy) is 2. The summed E-state index contributed by atoms with van der Waals surface area (Å²) in [7, 11) is 1.36. The van der Waals surface area contributed by atoms with Crippen molar-refractivity contribution in [3.8, 4) is 11.1 Å². The first kappa shape index (κ1) is 31.1. The molecular weight excluding hydrogens is 510 g/mol. The normalized spacial score (nSPS) is 14.8. The molecule has 1 saturated heterocycles. The Morgan fingerprint density at radius 2 is 1.90 bits per heavy atom. The molecule has 1 fully saturated rings. The molecule has 0 bridgehead atoms. The predicted octanol–water partition coefficient (Wildman–Crippen LogP) is 4.62. The molecule has 2 aromatic rings. The maximum absolute atomic E-state index is 13.5. The lowest BCUT2D eigenvalue weighted by Gasteiger charge is -2.30. The highest BCUT2D eigenvalue weighted by Gasteiger charge is 2.24. The third-order valence-electron chi connectivity index (χ3n) is 7.24. The molecule has 7 nitrogen and oxygen atoms in total. The standard InChI is InChI=1S/C31H45N3O4S/c1-5-6-14-34(16-15-33-17-19-38-20-18-33)23-25-11-12-27(28(22-25)26-10-8-7-9-24(26)2)30(35)32-29(13-21-39-4)31(36)37-3/h7-12,22,29H,5-6,13-21,23H2,1-4H3,(H,32,35)/t29-/m0/s1. The van der Waals surface area contributed by atoms with E-state index in [1.807, 2.05) is 24.5 Å². The third-order valence-corrected chi connectivity index (χ3v) is 7.88.